The highest BCUT2D eigenvalue weighted by molar-refractivity contribution is 9.09. The van der Waals surface area contributed by atoms with Crippen LogP contribution in [-0.4, -0.2) is 35.7 Å². The minimum absolute atomic E-state index is 0.0493. The lowest BCUT2D eigenvalue weighted by molar-refractivity contribution is 0.102. The fraction of sp³-hybridized carbons (Fsp3) is 0.333. The number of hydrogen-bond acceptors (Lipinski definition) is 3. The van der Waals surface area contributed by atoms with Gasteiger partial charge in [0.15, 0.2) is 5.78 Å². The monoisotopic (exact) mass is 299 g/mol. The second kappa shape index (κ2) is 6.39. The molecule has 17 heavy (non-hydrogen) atoms. The predicted molar refractivity (Wildman–Crippen MR) is 68.9 cm³/mol. The number of amides is 1. The fourth-order valence-corrected chi connectivity index (χ4v) is 1.44. The number of carbonyl (C=O) groups excluding carboxylic acids is 2. The van der Waals surface area contributed by atoms with Crippen molar-refractivity contribution in [1.82, 2.24) is 4.90 Å². The van der Waals surface area contributed by atoms with E-state index in [1.807, 2.05) is 6.92 Å². The number of carbonyl (C=O) groups is 2. The Morgan fingerprint density at radius 2 is 2.12 bits per heavy atom. The molecular weight excluding hydrogens is 286 g/mol. The first-order chi connectivity index (χ1) is 8.08. The maximum atomic E-state index is 11.5. The lowest BCUT2D eigenvalue weighted by Gasteiger charge is -2.14. The minimum atomic E-state index is -0.434. The van der Waals surface area contributed by atoms with Crippen LogP contribution in [-0.2, 0) is 0 Å². The molecule has 0 radical (unpaired) electrons. The molecule has 1 aromatic rings. The highest BCUT2D eigenvalue weighted by Gasteiger charge is 2.10. The van der Waals surface area contributed by atoms with E-state index in [1.54, 1.807) is 31.3 Å². The molecule has 0 bridgehead atoms. The van der Waals surface area contributed by atoms with Crippen molar-refractivity contribution in [2.24, 2.45) is 0 Å². The highest BCUT2D eigenvalue weighted by atomic mass is 79.9. The molecule has 5 heteroatoms. The summed E-state index contributed by atoms with van der Waals surface area (Å²) in [6.45, 7) is 2.42. The Bertz CT molecular complexity index is 420. The molecule has 92 valence electrons. The summed E-state index contributed by atoms with van der Waals surface area (Å²) >= 11 is 3.10. The Morgan fingerprint density at radius 3 is 2.71 bits per heavy atom. The van der Waals surface area contributed by atoms with E-state index in [2.05, 4.69) is 15.9 Å². The van der Waals surface area contributed by atoms with Crippen LogP contribution < -0.4 is 4.74 Å². The maximum Gasteiger partial charge on any atom is 0.414 e. The lowest BCUT2D eigenvalue weighted by Crippen LogP contribution is -2.29. The van der Waals surface area contributed by atoms with Crippen molar-refractivity contribution < 1.29 is 14.3 Å². The van der Waals surface area contributed by atoms with Gasteiger partial charge in [-0.25, -0.2) is 4.79 Å². The highest BCUT2D eigenvalue weighted by Crippen LogP contribution is 2.15. The number of benzene rings is 1. The molecule has 0 N–H and O–H groups in total. The summed E-state index contributed by atoms with van der Waals surface area (Å²) in [5.74, 6) is 0.328. The third kappa shape index (κ3) is 3.85. The SMILES string of the molecule is CCN(C)C(=O)Oc1cccc(C(=O)CBr)c1. The molecule has 0 aliphatic rings. The van der Waals surface area contributed by atoms with Gasteiger partial charge >= 0.3 is 6.09 Å². The van der Waals surface area contributed by atoms with Crippen molar-refractivity contribution in [3.8, 4) is 5.75 Å². The number of nitrogens with zero attached hydrogens (tertiary/aromatic N) is 1. The van der Waals surface area contributed by atoms with Crippen LogP contribution in [0.5, 0.6) is 5.75 Å². The van der Waals surface area contributed by atoms with Gasteiger partial charge in [-0.1, -0.05) is 28.1 Å². The molecule has 1 rings (SSSR count). The van der Waals surface area contributed by atoms with E-state index in [0.717, 1.165) is 0 Å². The smallest absolute Gasteiger partial charge is 0.410 e. The van der Waals surface area contributed by atoms with Crippen molar-refractivity contribution in [3.05, 3.63) is 29.8 Å². The molecule has 0 heterocycles. The van der Waals surface area contributed by atoms with Gasteiger partial charge in [0.05, 0.1) is 5.33 Å². The van der Waals surface area contributed by atoms with E-state index in [9.17, 15) is 9.59 Å². The number of Topliss-reactive ketones (excluding diaryl/α,β-unsaturated/α-hetero) is 1. The molecule has 0 unspecified atom stereocenters. The number of ketones is 1. The van der Waals surface area contributed by atoms with Crippen LogP contribution >= 0.6 is 15.9 Å². The normalized spacial score (nSPS) is 9.82. The maximum absolute atomic E-state index is 11.5. The Kier molecular flexibility index (Phi) is 5.15. The van der Waals surface area contributed by atoms with Crippen LogP contribution in [0.15, 0.2) is 24.3 Å². The van der Waals surface area contributed by atoms with Gasteiger partial charge in [-0.3, -0.25) is 4.79 Å². The zero-order valence-electron chi connectivity index (χ0n) is 9.77. The molecule has 0 aliphatic heterocycles. The van der Waals surface area contributed by atoms with Crippen LogP contribution in [0.3, 0.4) is 0 Å². The summed E-state index contributed by atoms with van der Waals surface area (Å²) in [5.41, 5.74) is 0.520. The standard InChI is InChI=1S/C12H14BrNO3/c1-3-14(2)12(16)17-10-6-4-5-9(7-10)11(15)8-13/h4-7H,3,8H2,1-2H3. The average Bonchev–Trinajstić information content (AvgIpc) is 2.37. The first-order valence-electron chi connectivity index (χ1n) is 5.20. The van der Waals surface area contributed by atoms with Crippen molar-refractivity contribution in [2.75, 3.05) is 18.9 Å². The Labute approximate surface area is 109 Å². The number of alkyl halides is 1. The first kappa shape index (κ1) is 13.7. The van der Waals surface area contributed by atoms with Gasteiger partial charge < -0.3 is 9.64 Å². The van der Waals surface area contributed by atoms with E-state index in [1.165, 1.54) is 4.90 Å². The van der Waals surface area contributed by atoms with Crippen LogP contribution in [0.1, 0.15) is 17.3 Å². The zero-order chi connectivity index (χ0) is 12.8. The molecule has 1 amide bonds. The molecule has 0 aromatic heterocycles. The molecule has 0 saturated carbocycles. The van der Waals surface area contributed by atoms with Gasteiger partial charge in [0.25, 0.3) is 0 Å². The van der Waals surface area contributed by atoms with E-state index in [0.29, 0.717) is 17.9 Å². The quantitative estimate of drug-likeness (QED) is 0.634. The molecule has 0 saturated heterocycles. The topological polar surface area (TPSA) is 46.6 Å². The molecule has 0 atom stereocenters. The summed E-state index contributed by atoms with van der Waals surface area (Å²) < 4.78 is 5.12. The first-order valence-corrected chi connectivity index (χ1v) is 6.32. The second-order valence-corrected chi connectivity index (χ2v) is 4.03. The molecule has 1 aromatic carbocycles. The number of rotatable bonds is 4. The summed E-state index contributed by atoms with van der Waals surface area (Å²) in [6.07, 6.45) is -0.434. The number of halogens is 1. The molecule has 0 spiro atoms. The van der Waals surface area contributed by atoms with Gasteiger partial charge in [-0.05, 0) is 19.1 Å². The van der Waals surface area contributed by atoms with Gasteiger partial charge in [-0.15, -0.1) is 0 Å². The van der Waals surface area contributed by atoms with E-state index in [-0.39, 0.29) is 11.1 Å². The minimum Gasteiger partial charge on any atom is -0.410 e. The van der Waals surface area contributed by atoms with Gasteiger partial charge in [0, 0.05) is 19.2 Å². The fourth-order valence-electron chi connectivity index (χ4n) is 1.12. The molecule has 0 fully saturated rings. The van der Waals surface area contributed by atoms with Crippen molar-refractivity contribution in [3.63, 3.8) is 0 Å². The summed E-state index contributed by atoms with van der Waals surface area (Å²) in [4.78, 5) is 24.4. The third-order valence-electron chi connectivity index (χ3n) is 2.27. The summed E-state index contributed by atoms with van der Waals surface area (Å²) in [5, 5.41) is 0.249. The number of hydrogen-bond donors (Lipinski definition) is 0. The third-order valence-corrected chi connectivity index (χ3v) is 2.78. The van der Waals surface area contributed by atoms with Crippen molar-refractivity contribution in [2.45, 2.75) is 6.92 Å². The van der Waals surface area contributed by atoms with E-state index in [4.69, 9.17) is 4.74 Å². The largest absolute Gasteiger partial charge is 0.414 e. The van der Waals surface area contributed by atoms with Crippen LogP contribution in [0, 0.1) is 0 Å². The number of ether oxygens (including phenoxy) is 1. The summed E-state index contributed by atoms with van der Waals surface area (Å²) in [7, 11) is 1.65. The zero-order valence-corrected chi connectivity index (χ0v) is 11.4. The van der Waals surface area contributed by atoms with Gasteiger partial charge in [-0.2, -0.15) is 0 Å². The van der Waals surface area contributed by atoms with E-state index >= 15 is 0 Å². The van der Waals surface area contributed by atoms with Gasteiger partial charge in [0.1, 0.15) is 5.75 Å². The van der Waals surface area contributed by atoms with Crippen molar-refractivity contribution in [1.29, 1.82) is 0 Å². The van der Waals surface area contributed by atoms with Crippen molar-refractivity contribution >= 4 is 27.8 Å². The van der Waals surface area contributed by atoms with E-state index < -0.39 is 6.09 Å². The average molecular weight is 300 g/mol. The Balaban J connectivity index is 2.79. The summed E-state index contributed by atoms with van der Waals surface area (Å²) in [6, 6.07) is 6.58. The van der Waals surface area contributed by atoms with Crippen LogP contribution in [0.4, 0.5) is 4.79 Å². The predicted octanol–water partition coefficient (Wildman–Crippen LogP) is 2.71. The lowest BCUT2D eigenvalue weighted by atomic mass is 10.1. The Morgan fingerprint density at radius 1 is 1.41 bits per heavy atom. The Hall–Kier alpha value is -1.36. The van der Waals surface area contributed by atoms with Gasteiger partial charge in [0.2, 0.25) is 0 Å². The second-order valence-electron chi connectivity index (χ2n) is 3.47. The van der Waals surface area contributed by atoms with Crippen LogP contribution in [0.2, 0.25) is 0 Å². The van der Waals surface area contributed by atoms with Crippen LogP contribution in [0.25, 0.3) is 0 Å². The molecular formula is C12H14BrNO3. The molecule has 0 aliphatic carbocycles. The molecule has 4 nitrogen and oxygen atoms in total.